The molecule has 8 heteroatoms. The van der Waals surface area contributed by atoms with Crippen molar-refractivity contribution in [2.75, 3.05) is 20.1 Å². The molecule has 0 aromatic carbocycles. The molecule has 0 bridgehead atoms. The fourth-order valence-corrected chi connectivity index (χ4v) is 3.36. The maximum atomic E-state index is 12.3. The van der Waals surface area contributed by atoms with Gasteiger partial charge in [0.25, 0.3) is 0 Å². The van der Waals surface area contributed by atoms with Gasteiger partial charge in [-0.25, -0.2) is 0 Å². The molecule has 1 saturated heterocycles. The van der Waals surface area contributed by atoms with Gasteiger partial charge in [-0.1, -0.05) is 0 Å². The van der Waals surface area contributed by atoms with Gasteiger partial charge >= 0.3 is 5.97 Å². The number of esters is 1. The van der Waals surface area contributed by atoms with E-state index in [-0.39, 0.29) is 11.9 Å². The molecule has 0 aliphatic carbocycles. The number of carbonyl (C=O) groups excluding carboxylic acids is 1. The minimum atomic E-state index is -0.446. The van der Waals surface area contributed by atoms with Crippen LogP contribution in [-0.4, -0.2) is 57.3 Å². The van der Waals surface area contributed by atoms with E-state index in [2.05, 4.69) is 30.0 Å². The Hall–Kier alpha value is -2.12. The smallest absolute Gasteiger partial charge is 0.311 e. The van der Waals surface area contributed by atoms with Gasteiger partial charge in [0.1, 0.15) is 11.4 Å². The Morgan fingerprint density at radius 3 is 2.88 bits per heavy atom. The topological polar surface area (TPSA) is 84.6 Å². The van der Waals surface area contributed by atoms with Crippen LogP contribution in [0.2, 0.25) is 0 Å². The SMILES string of the molecule is CN=C(NCc1nnc2n1CCC2)N1CCC(C(=O)OC(C)(C)C)C1. The molecule has 1 unspecified atom stereocenters. The van der Waals surface area contributed by atoms with Crippen molar-refractivity contribution in [1.29, 1.82) is 0 Å². The summed E-state index contributed by atoms with van der Waals surface area (Å²) in [6.07, 6.45) is 2.93. The number of fused-ring (bicyclic) bond motifs is 1. The number of aromatic nitrogens is 3. The second-order valence-electron chi connectivity index (χ2n) is 7.65. The number of aryl methyl sites for hydroxylation is 1. The third kappa shape index (κ3) is 4.11. The normalized spacial score (nSPS) is 20.7. The summed E-state index contributed by atoms with van der Waals surface area (Å²) in [4.78, 5) is 18.7. The molecular weight excluding hydrogens is 320 g/mol. The van der Waals surface area contributed by atoms with E-state index in [1.165, 1.54) is 0 Å². The Morgan fingerprint density at radius 2 is 2.16 bits per heavy atom. The van der Waals surface area contributed by atoms with E-state index in [1.54, 1.807) is 7.05 Å². The molecule has 138 valence electrons. The molecule has 25 heavy (non-hydrogen) atoms. The summed E-state index contributed by atoms with van der Waals surface area (Å²) in [5.41, 5.74) is -0.446. The zero-order valence-corrected chi connectivity index (χ0v) is 15.6. The van der Waals surface area contributed by atoms with Gasteiger partial charge in [-0.15, -0.1) is 10.2 Å². The quantitative estimate of drug-likeness (QED) is 0.498. The molecule has 1 N–H and O–H groups in total. The molecule has 2 aliphatic heterocycles. The first-order valence-electron chi connectivity index (χ1n) is 8.97. The van der Waals surface area contributed by atoms with E-state index in [9.17, 15) is 4.79 Å². The van der Waals surface area contributed by atoms with Crippen LogP contribution in [0.5, 0.6) is 0 Å². The van der Waals surface area contributed by atoms with Crippen molar-refractivity contribution >= 4 is 11.9 Å². The molecule has 1 aromatic rings. The molecule has 0 radical (unpaired) electrons. The monoisotopic (exact) mass is 348 g/mol. The highest BCUT2D eigenvalue weighted by atomic mass is 16.6. The Kier molecular flexibility index (Phi) is 4.96. The van der Waals surface area contributed by atoms with Crippen LogP contribution in [0.25, 0.3) is 0 Å². The Bertz CT molecular complexity index is 661. The van der Waals surface area contributed by atoms with Crippen LogP contribution in [0.4, 0.5) is 0 Å². The second kappa shape index (κ2) is 7.01. The summed E-state index contributed by atoms with van der Waals surface area (Å²) in [5, 5.41) is 11.8. The first-order chi connectivity index (χ1) is 11.9. The lowest BCUT2D eigenvalue weighted by molar-refractivity contribution is -0.159. The molecule has 8 nitrogen and oxygen atoms in total. The van der Waals surface area contributed by atoms with E-state index in [1.807, 2.05) is 20.8 Å². The van der Waals surface area contributed by atoms with Crippen molar-refractivity contribution in [3.8, 4) is 0 Å². The number of aliphatic imine (C=N–C) groups is 1. The number of rotatable bonds is 3. The van der Waals surface area contributed by atoms with Gasteiger partial charge in [-0.05, 0) is 33.6 Å². The maximum Gasteiger partial charge on any atom is 0.311 e. The number of nitrogens with one attached hydrogen (secondary N) is 1. The lowest BCUT2D eigenvalue weighted by Crippen LogP contribution is -2.41. The number of ether oxygens (including phenoxy) is 1. The Labute approximate surface area is 148 Å². The van der Waals surface area contributed by atoms with E-state index in [4.69, 9.17) is 4.74 Å². The van der Waals surface area contributed by atoms with Gasteiger partial charge in [-0.2, -0.15) is 0 Å². The summed E-state index contributed by atoms with van der Waals surface area (Å²) in [5.74, 6) is 2.58. The van der Waals surface area contributed by atoms with Crippen molar-refractivity contribution in [2.24, 2.45) is 10.9 Å². The Balaban J connectivity index is 1.54. The summed E-state index contributed by atoms with van der Waals surface area (Å²) in [6.45, 7) is 8.70. The molecule has 1 fully saturated rings. The van der Waals surface area contributed by atoms with Crippen molar-refractivity contribution in [1.82, 2.24) is 25.0 Å². The van der Waals surface area contributed by atoms with Crippen molar-refractivity contribution in [3.63, 3.8) is 0 Å². The van der Waals surface area contributed by atoms with Crippen LogP contribution in [0.1, 0.15) is 45.3 Å². The zero-order chi connectivity index (χ0) is 18.0. The van der Waals surface area contributed by atoms with Gasteiger partial charge in [0.05, 0.1) is 12.5 Å². The van der Waals surface area contributed by atoms with Crippen LogP contribution in [-0.2, 0) is 29.0 Å². The molecule has 0 amide bonds. The van der Waals surface area contributed by atoms with Crippen LogP contribution >= 0.6 is 0 Å². The third-order valence-corrected chi connectivity index (χ3v) is 4.53. The van der Waals surface area contributed by atoms with Gasteiger partial charge < -0.3 is 19.5 Å². The largest absolute Gasteiger partial charge is 0.460 e. The predicted molar refractivity (Wildman–Crippen MR) is 94.1 cm³/mol. The number of hydrogen-bond acceptors (Lipinski definition) is 5. The Morgan fingerprint density at radius 1 is 1.36 bits per heavy atom. The van der Waals surface area contributed by atoms with Crippen LogP contribution in [0.3, 0.4) is 0 Å². The number of guanidine groups is 1. The average molecular weight is 348 g/mol. The van der Waals surface area contributed by atoms with Crippen molar-refractivity contribution in [2.45, 2.75) is 58.7 Å². The van der Waals surface area contributed by atoms with Gasteiger partial charge in [0.2, 0.25) is 0 Å². The predicted octanol–water partition coefficient (Wildman–Crippen LogP) is 0.963. The standard InChI is InChI=1S/C17H28N6O2/c1-17(2,3)25-15(24)12-7-9-22(11-12)16(18-4)19-10-14-21-20-13-6-5-8-23(13)14/h12H,5-11H2,1-4H3,(H,18,19). The van der Waals surface area contributed by atoms with E-state index in [0.29, 0.717) is 13.1 Å². The summed E-state index contributed by atoms with van der Waals surface area (Å²) in [6, 6.07) is 0. The molecule has 3 heterocycles. The minimum Gasteiger partial charge on any atom is -0.460 e. The third-order valence-electron chi connectivity index (χ3n) is 4.53. The van der Waals surface area contributed by atoms with Crippen LogP contribution in [0.15, 0.2) is 4.99 Å². The lowest BCUT2D eigenvalue weighted by atomic mass is 10.1. The fraction of sp³-hybridized carbons (Fsp3) is 0.765. The molecular formula is C17H28N6O2. The average Bonchev–Trinajstić information content (AvgIpc) is 3.23. The number of carbonyl (C=O) groups is 1. The highest BCUT2D eigenvalue weighted by Crippen LogP contribution is 2.21. The number of likely N-dealkylation sites (tertiary alicyclic amines) is 1. The van der Waals surface area contributed by atoms with Crippen molar-refractivity contribution in [3.05, 3.63) is 11.6 Å². The summed E-state index contributed by atoms with van der Waals surface area (Å²) >= 11 is 0. The lowest BCUT2D eigenvalue weighted by Gasteiger charge is -2.23. The van der Waals surface area contributed by atoms with Gasteiger partial charge in [-0.3, -0.25) is 9.79 Å². The fourth-order valence-electron chi connectivity index (χ4n) is 3.36. The zero-order valence-electron chi connectivity index (χ0n) is 15.6. The maximum absolute atomic E-state index is 12.3. The van der Waals surface area contributed by atoms with E-state index < -0.39 is 5.60 Å². The van der Waals surface area contributed by atoms with Crippen LogP contribution < -0.4 is 5.32 Å². The first kappa shape index (κ1) is 17.7. The second-order valence-corrected chi connectivity index (χ2v) is 7.65. The molecule has 0 spiro atoms. The molecule has 2 aliphatic rings. The number of nitrogens with zero attached hydrogens (tertiary/aromatic N) is 5. The molecule has 0 saturated carbocycles. The van der Waals surface area contributed by atoms with Crippen LogP contribution in [0, 0.1) is 5.92 Å². The highest BCUT2D eigenvalue weighted by molar-refractivity contribution is 5.82. The minimum absolute atomic E-state index is 0.102. The molecule has 1 aromatic heterocycles. The summed E-state index contributed by atoms with van der Waals surface area (Å²) in [7, 11) is 1.76. The number of hydrogen-bond donors (Lipinski definition) is 1. The highest BCUT2D eigenvalue weighted by Gasteiger charge is 2.33. The molecule has 1 atom stereocenters. The summed E-state index contributed by atoms with van der Waals surface area (Å²) < 4.78 is 7.68. The van der Waals surface area contributed by atoms with Gasteiger partial charge in [0, 0.05) is 33.1 Å². The van der Waals surface area contributed by atoms with Crippen molar-refractivity contribution < 1.29 is 9.53 Å². The van der Waals surface area contributed by atoms with Gasteiger partial charge in [0.15, 0.2) is 11.8 Å². The van der Waals surface area contributed by atoms with E-state index >= 15 is 0 Å². The first-order valence-corrected chi connectivity index (χ1v) is 8.97. The van der Waals surface area contributed by atoms with E-state index in [0.717, 1.165) is 50.0 Å². The molecule has 3 rings (SSSR count).